The lowest BCUT2D eigenvalue weighted by Crippen LogP contribution is -2.26. The lowest BCUT2D eigenvalue weighted by Gasteiger charge is -2.27. The van der Waals surface area contributed by atoms with E-state index in [1.54, 1.807) is 0 Å². The smallest absolute Gasteiger partial charge is 0.223 e. The van der Waals surface area contributed by atoms with Crippen LogP contribution < -0.4 is 5.32 Å². The fraction of sp³-hybridized carbons (Fsp3) is 0.478. The quantitative estimate of drug-likeness (QED) is 0.715. The second-order valence-corrected chi connectivity index (χ2v) is 8.58. The normalized spacial score (nSPS) is 22.1. The van der Waals surface area contributed by atoms with Gasteiger partial charge in [0.25, 0.3) is 0 Å². The van der Waals surface area contributed by atoms with Gasteiger partial charge in [-0.3, -0.25) is 0 Å². The molecule has 1 saturated carbocycles. The molecule has 1 fully saturated rings. The predicted molar refractivity (Wildman–Crippen MR) is 116 cm³/mol. The van der Waals surface area contributed by atoms with Crippen molar-refractivity contribution in [3.63, 3.8) is 0 Å². The van der Waals surface area contributed by atoms with Crippen molar-refractivity contribution < 1.29 is 0 Å². The zero-order valence-corrected chi connectivity index (χ0v) is 17.2. The van der Waals surface area contributed by atoms with Crippen LogP contribution in [0.2, 0.25) is 0 Å². The highest BCUT2D eigenvalue weighted by Crippen LogP contribution is 2.32. The molecular weight excluding hydrogens is 360 g/mol. The van der Waals surface area contributed by atoms with Crippen molar-refractivity contribution in [3.8, 4) is 0 Å². The van der Waals surface area contributed by atoms with E-state index in [-0.39, 0.29) is 0 Å². The van der Waals surface area contributed by atoms with Crippen molar-refractivity contribution in [3.05, 3.63) is 47.3 Å². The zero-order chi connectivity index (χ0) is 19.8. The Balaban J connectivity index is 1.45. The first-order chi connectivity index (χ1) is 14.2. The largest absolute Gasteiger partial charge is 0.351 e. The number of aryl methyl sites for hydroxylation is 2. The summed E-state index contributed by atoms with van der Waals surface area (Å²) in [5, 5.41) is 11.9. The Bertz CT molecular complexity index is 1060. The number of benzene rings is 1. The van der Waals surface area contributed by atoms with Gasteiger partial charge in [-0.15, -0.1) is 5.10 Å². The number of nitrogens with one attached hydrogen (secondary N) is 1. The Morgan fingerprint density at radius 3 is 2.86 bits per heavy atom. The van der Waals surface area contributed by atoms with E-state index >= 15 is 0 Å². The monoisotopic (exact) mass is 388 g/mol. The van der Waals surface area contributed by atoms with Crippen molar-refractivity contribution in [2.45, 2.75) is 57.9 Å². The summed E-state index contributed by atoms with van der Waals surface area (Å²) in [4.78, 5) is 9.64. The fourth-order valence-electron chi connectivity index (χ4n) is 4.59. The predicted octanol–water partition coefficient (Wildman–Crippen LogP) is 4.52. The summed E-state index contributed by atoms with van der Waals surface area (Å²) >= 11 is 0. The molecule has 1 aromatic carbocycles. The molecule has 2 aliphatic rings. The number of anilines is 1. The maximum absolute atomic E-state index is 4.94. The second kappa shape index (κ2) is 7.58. The summed E-state index contributed by atoms with van der Waals surface area (Å²) in [7, 11) is 1.93. The van der Waals surface area contributed by atoms with Crippen LogP contribution in [0.1, 0.15) is 62.3 Å². The molecule has 5 rings (SSSR count). The van der Waals surface area contributed by atoms with Crippen LogP contribution in [0.15, 0.2) is 30.5 Å². The molecular formula is C23H28N6. The Hall–Kier alpha value is -2.76. The van der Waals surface area contributed by atoms with Gasteiger partial charge in [0.1, 0.15) is 5.52 Å². The van der Waals surface area contributed by atoms with Crippen LogP contribution in [-0.2, 0) is 13.5 Å². The van der Waals surface area contributed by atoms with Crippen molar-refractivity contribution in [1.29, 1.82) is 0 Å². The van der Waals surface area contributed by atoms with E-state index in [1.165, 1.54) is 36.8 Å². The van der Waals surface area contributed by atoms with E-state index in [0.717, 1.165) is 53.4 Å². The maximum Gasteiger partial charge on any atom is 0.223 e. The topological polar surface area (TPSA) is 68.5 Å². The number of aromatic nitrogens is 5. The summed E-state index contributed by atoms with van der Waals surface area (Å²) < 4.78 is 1.82. The van der Waals surface area contributed by atoms with Crippen molar-refractivity contribution in [1.82, 2.24) is 25.0 Å². The van der Waals surface area contributed by atoms with Gasteiger partial charge in [-0.05, 0) is 74.1 Å². The first kappa shape index (κ1) is 18.3. The molecule has 2 aromatic heterocycles. The average Bonchev–Trinajstić information content (AvgIpc) is 2.97. The number of nitrogens with zero attached hydrogens (tertiary/aromatic N) is 5. The number of rotatable bonds is 3. The Morgan fingerprint density at radius 2 is 2.00 bits per heavy atom. The molecule has 0 bridgehead atoms. The highest BCUT2D eigenvalue weighted by molar-refractivity contribution is 5.86. The molecule has 0 unspecified atom stereocenters. The average molecular weight is 389 g/mol. The Morgan fingerprint density at radius 1 is 1.14 bits per heavy atom. The summed E-state index contributed by atoms with van der Waals surface area (Å²) in [5.74, 6) is 1.64. The fourth-order valence-corrected chi connectivity index (χ4v) is 4.59. The van der Waals surface area contributed by atoms with Gasteiger partial charge in [-0.1, -0.05) is 24.3 Å². The van der Waals surface area contributed by atoms with Crippen LogP contribution >= 0.6 is 0 Å². The number of fused-ring (bicyclic) bond motifs is 2. The van der Waals surface area contributed by atoms with Crippen molar-refractivity contribution >= 4 is 22.6 Å². The molecule has 29 heavy (non-hydrogen) atoms. The first-order valence-electron chi connectivity index (χ1n) is 10.8. The van der Waals surface area contributed by atoms with Gasteiger partial charge in [-0.25, -0.2) is 14.6 Å². The minimum absolute atomic E-state index is 0.504. The van der Waals surface area contributed by atoms with E-state index in [1.807, 2.05) is 24.0 Å². The molecule has 1 N–H and O–H groups in total. The van der Waals surface area contributed by atoms with Crippen LogP contribution in [0.5, 0.6) is 0 Å². The Kier molecular flexibility index (Phi) is 4.78. The molecule has 0 saturated heterocycles. The van der Waals surface area contributed by atoms with E-state index in [9.17, 15) is 0 Å². The number of hydrogen-bond donors (Lipinski definition) is 1. The van der Waals surface area contributed by atoms with Crippen LogP contribution in [0.4, 0.5) is 5.95 Å². The lowest BCUT2D eigenvalue weighted by molar-refractivity contribution is 0.360. The molecule has 0 amide bonds. The van der Waals surface area contributed by atoms with Gasteiger partial charge >= 0.3 is 0 Å². The van der Waals surface area contributed by atoms with Gasteiger partial charge in [0, 0.05) is 24.8 Å². The molecule has 3 aromatic rings. The third-order valence-electron chi connectivity index (χ3n) is 6.39. The molecule has 2 aliphatic carbocycles. The van der Waals surface area contributed by atoms with Crippen LogP contribution in [0, 0.1) is 5.92 Å². The van der Waals surface area contributed by atoms with E-state index < -0.39 is 0 Å². The molecule has 0 atom stereocenters. The second-order valence-electron chi connectivity index (χ2n) is 8.58. The molecule has 2 heterocycles. The summed E-state index contributed by atoms with van der Waals surface area (Å²) in [5.41, 5.74) is 6.66. The standard InChI is InChI=1S/C23H28N6/c1-15-7-10-17(11-8-15)25-23-24-14-19-18(5-3-4-6-20(19)26-23)16-9-12-21-22(13-16)29(2)28-27-21/h5,9,12-15,17H,3-4,6-8,10-11H2,1-2H3,(H,24,25,26). The highest BCUT2D eigenvalue weighted by Gasteiger charge is 2.21. The van der Waals surface area contributed by atoms with E-state index in [4.69, 9.17) is 9.97 Å². The van der Waals surface area contributed by atoms with E-state index in [2.05, 4.69) is 40.8 Å². The Labute approximate surface area is 171 Å². The zero-order valence-electron chi connectivity index (χ0n) is 17.2. The van der Waals surface area contributed by atoms with Gasteiger partial charge in [-0.2, -0.15) is 0 Å². The van der Waals surface area contributed by atoms with Gasteiger partial charge in [0.15, 0.2) is 0 Å². The minimum atomic E-state index is 0.504. The van der Waals surface area contributed by atoms with Crippen molar-refractivity contribution in [2.75, 3.05) is 5.32 Å². The minimum Gasteiger partial charge on any atom is -0.351 e. The summed E-state index contributed by atoms with van der Waals surface area (Å²) in [6, 6.07) is 6.85. The third-order valence-corrected chi connectivity index (χ3v) is 6.39. The molecule has 0 radical (unpaired) electrons. The van der Waals surface area contributed by atoms with Crippen molar-refractivity contribution in [2.24, 2.45) is 13.0 Å². The molecule has 6 nitrogen and oxygen atoms in total. The first-order valence-corrected chi connectivity index (χ1v) is 10.8. The van der Waals surface area contributed by atoms with Crippen LogP contribution in [0.3, 0.4) is 0 Å². The van der Waals surface area contributed by atoms with Gasteiger partial charge in [0.2, 0.25) is 5.95 Å². The van der Waals surface area contributed by atoms with Gasteiger partial charge < -0.3 is 5.32 Å². The molecule has 0 spiro atoms. The van der Waals surface area contributed by atoms with Crippen LogP contribution in [-0.4, -0.2) is 31.0 Å². The number of hydrogen-bond acceptors (Lipinski definition) is 5. The molecule has 6 heteroatoms. The maximum atomic E-state index is 4.94. The summed E-state index contributed by atoms with van der Waals surface area (Å²) in [6.45, 7) is 2.35. The SMILES string of the molecule is CC1CCC(Nc2ncc3c(n2)CCCC=C3c2ccc3nnn(C)c3c2)CC1. The summed E-state index contributed by atoms with van der Waals surface area (Å²) in [6.07, 6.45) is 12.5. The van der Waals surface area contributed by atoms with E-state index in [0.29, 0.717) is 6.04 Å². The van der Waals surface area contributed by atoms with Crippen LogP contribution in [0.25, 0.3) is 16.6 Å². The number of allylic oxidation sites excluding steroid dienone is 1. The third kappa shape index (κ3) is 3.63. The molecule has 150 valence electrons. The lowest BCUT2D eigenvalue weighted by atomic mass is 9.87. The molecule has 0 aliphatic heterocycles. The highest BCUT2D eigenvalue weighted by atomic mass is 15.4. The van der Waals surface area contributed by atoms with Gasteiger partial charge in [0.05, 0.1) is 11.2 Å².